The van der Waals surface area contributed by atoms with Gasteiger partial charge in [-0.15, -0.1) is 0 Å². The van der Waals surface area contributed by atoms with Gasteiger partial charge >= 0.3 is 0 Å². The minimum atomic E-state index is 0.0581. The highest BCUT2D eigenvalue weighted by molar-refractivity contribution is 9.10. The van der Waals surface area contributed by atoms with Crippen LogP contribution in [0.25, 0.3) is 0 Å². The minimum Gasteiger partial charge on any atom is -0.353 e. The molecule has 0 spiro atoms. The van der Waals surface area contributed by atoms with E-state index in [1.165, 1.54) is 5.56 Å². The molecule has 1 aliphatic heterocycles. The summed E-state index contributed by atoms with van der Waals surface area (Å²) >= 11 is 3.48. The molecule has 3 aromatic rings. The Bertz CT molecular complexity index is 1050. The van der Waals surface area contributed by atoms with Gasteiger partial charge < -0.3 is 15.1 Å². The lowest BCUT2D eigenvalue weighted by atomic mass is 10.2. The molecule has 1 fully saturated rings. The maximum absolute atomic E-state index is 12.8. The molecule has 154 valence electrons. The summed E-state index contributed by atoms with van der Waals surface area (Å²) in [6.45, 7) is 6.75. The maximum Gasteiger partial charge on any atom is 0.255 e. The van der Waals surface area contributed by atoms with Gasteiger partial charge in [0.05, 0.1) is 5.56 Å². The number of nitrogens with zero attached hydrogens (tertiary/aromatic N) is 4. The molecule has 30 heavy (non-hydrogen) atoms. The molecule has 7 heteroatoms. The van der Waals surface area contributed by atoms with E-state index in [1.54, 1.807) is 0 Å². The third kappa shape index (κ3) is 4.62. The van der Waals surface area contributed by atoms with Crippen molar-refractivity contribution in [3.05, 3.63) is 76.0 Å². The molecule has 0 saturated carbocycles. The van der Waals surface area contributed by atoms with Crippen LogP contribution in [0.3, 0.4) is 0 Å². The Morgan fingerprint density at radius 1 is 0.967 bits per heavy atom. The number of anilines is 3. The molecule has 6 nitrogen and oxygen atoms in total. The Hall–Kier alpha value is -2.93. The zero-order valence-electron chi connectivity index (χ0n) is 17.1. The molecule has 4 rings (SSSR count). The third-order valence-corrected chi connectivity index (χ3v) is 5.84. The molecule has 1 aliphatic rings. The van der Waals surface area contributed by atoms with Gasteiger partial charge in [0.2, 0.25) is 0 Å². The number of hydrogen-bond donors (Lipinski definition) is 1. The minimum absolute atomic E-state index is 0.0581. The van der Waals surface area contributed by atoms with Crippen LogP contribution in [0.5, 0.6) is 0 Å². The summed E-state index contributed by atoms with van der Waals surface area (Å²) in [7, 11) is 0. The van der Waals surface area contributed by atoms with E-state index in [4.69, 9.17) is 0 Å². The zero-order chi connectivity index (χ0) is 21.1. The quantitative estimate of drug-likeness (QED) is 0.611. The van der Waals surface area contributed by atoms with Crippen LogP contribution < -0.4 is 10.2 Å². The van der Waals surface area contributed by atoms with Crippen LogP contribution in [0.15, 0.2) is 59.1 Å². The van der Waals surface area contributed by atoms with E-state index in [1.807, 2.05) is 54.3 Å². The summed E-state index contributed by atoms with van der Waals surface area (Å²) in [6, 6.07) is 17.7. The number of amides is 1. The largest absolute Gasteiger partial charge is 0.353 e. The van der Waals surface area contributed by atoms with E-state index in [9.17, 15) is 4.79 Å². The van der Waals surface area contributed by atoms with Crippen molar-refractivity contribution in [2.24, 2.45) is 0 Å². The summed E-state index contributed by atoms with van der Waals surface area (Å²) in [5.74, 6) is 2.43. The Morgan fingerprint density at radius 2 is 1.67 bits per heavy atom. The Kier molecular flexibility index (Phi) is 5.99. The predicted octanol–water partition coefficient (Wildman–Crippen LogP) is 4.56. The molecule has 0 radical (unpaired) electrons. The fourth-order valence-electron chi connectivity index (χ4n) is 3.51. The van der Waals surface area contributed by atoms with E-state index >= 15 is 0 Å². The van der Waals surface area contributed by atoms with Crippen molar-refractivity contribution in [2.75, 3.05) is 36.4 Å². The number of halogens is 1. The highest BCUT2D eigenvalue weighted by Gasteiger charge is 2.24. The fourth-order valence-corrected chi connectivity index (χ4v) is 3.96. The van der Waals surface area contributed by atoms with E-state index in [0.29, 0.717) is 24.5 Å². The average molecular weight is 466 g/mol. The first-order valence-corrected chi connectivity index (χ1v) is 10.8. The molecule has 1 saturated heterocycles. The van der Waals surface area contributed by atoms with Gasteiger partial charge in [0.15, 0.2) is 0 Å². The van der Waals surface area contributed by atoms with Gasteiger partial charge in [-0.3, -0.25) is 4.79 Å². The van der Waals surface area contributed by atoms with Crippen LogP contribution >= 0.6 is 15.9 Å². The molecule has 2 aromatic carbocycles. The molecule has 1 amide bonds. The van der Waals surface area contributed by atoms with Crippen molar-refractivity contribution in [3.63, 3.8) is 0 Å². The Morgan fingerprint density at radius 3 is 2.37 bits per heavy atom. The topological polar surface area (TPSA) is 61.4 Å². The number of piperazine rings is 1. The average Bonchev–Trinajstić information content (AvgIpc) is 2.75. The molecule has 2 heterocycles. The van der Waals surface area contributed by atoms with Gasteiger partial charge in [-0.05, 0) is 54.0 Å². The SMILES string of the molecule is Cc1ccc(Nc2cc(N3CCN(C(=O)c4ccccc4Br)CC3)nc(C)n2)cc1. The summed E-state index contributed by atoms with van der Waals surface area (Å²) in [5.41, 5.74) is 2.91. The lowest BCUT2D eigenvalue weighted by molar-refractivity contribution is 0.0745. The van der Waals surface area contributed by atoms with Crippen molar-refractivity contribution in [2.45, 2.75) is 13.8 Å². The monoisotopic (exact) mass is 465 g/mol. The first kappa shape index (κ1) is 20.3. The maximum atomic E-state index is 12.8. The second-order valence-electron chi connectivity index (χ2n) is 7.41. The normalized spacial score (nSPS) is 14.0. The molecular weight excluding hydrogens is 442 g/mol. The van der Waals surface area contributed by atoms with Crippen molar-refractivity contribution in [1.29, 1.82) is 0 Å². The Labute approximate surface area is 185 Å². The molecule has 0 atom stereocenters. The van der Waals surface area contributed by atoms with Crippen LogP contribution in [-0.2, 0) is 0 Å². The van der Waals surface area contributed by atoms with Crippen LogP contribution in [-0.4, -0.2) is 47.0 Å². The fraction of sp³-hybridized carbons (Fsp3) is 0.261. The molecule has 1 N–H and O–H groups in total. The van der Waals surface area contributed by atoms with Gasteiger partial charge in [0.1, 0.15) is 17.5 Å². The summed E-state index contributed by atoms with van der Waals surface area (Å²) in [4.78, 5) is 26.1. The van der Waals surface area contributed by atoms with Gasteiger partial charge in [-0.1, -0.05) is 29.8 Å². The van der Waals surface area contributed by atoms with E-state index in [2.05, 4.69) is 55.2 Å². The number of carbonyl (C=O) groups excluding carboxylic acids is 1. The summed E-state index contributed by atoms with van der Waals surface area (Å²) in [6.07, 6.45) is 0. The van der Waals surface area contributed by atoms with Crippen molar-refractivity contribution < 1.29 is 4.79 Å². The first-order valence-electron chi connectivity index (χ1n) is 9.98. The van der Waals surface area contributed by atoms with E-state index in [-0.39, 0.29) is 5.91 Å². The Balaban J connectivity index is 1.44. The second kappa shape index (κ2) is 8.83. The lowest BCUT2D eigenvalue weighted by Gasteiger charge is -2.35. The van der Waals surface area contributed by atoms with Gasteiger partial charge in [-0.2, -0.15) is 0 Å². The zero-order valence-corrected chi connectivity index (χ0v) is 18.7. The summed E-state index contributed by atoms with van der Waals surface area (Å²) in [5, 5.41) is 3.36. The molecule has 0 bridgehead atoms. The molecular formula is C23H24BrN5O. The van der Waals surface area contributed by atoms with Crippen molar-refractivity contribution >= 4 is 39.2 Å². The standard InChI is InChI=1S/C23H24BrN5O/c1-16-7-9-18(10-8-16)27-21-15-22(26-17(2)25-21)28-11-13-29(14-12-28)23(30)19-5-3-4-6-20(19)24/h3-10,15H,11-14H2,1-2H3,(H,25,26,27). The number of hydrogen-bond acceptors (Lipinski definition) is 5. The first-order chi connectivity index (χ1) is 14.5. The van der Waals surface area contributed by atoms with Crippen molar-refractivity contribution in [1.82, 2.24) is 14.9 Å². The van der Waals surface area contributed by atoms with Gasteiger partial charge in [-0.25, -0.2) is 9.97 Å². The molecule has 0 aliphatic carbocycles. The predicted molar refractivity (Wildman–Crippen MR) is 123 cm³/mol. The highest BCUT2D eigenvalue weighted by Crippen LogP contribution is 2.23. The number of benzene rings is 2. The summed E-state index contributed by atoms with van der Waals surface area (Å²) < 4.78 is 0.829. The van der Waals surface area contributed by atoms with Crippen LogP contribution in [0.4, 0.5) is 17.3 Å². The lowest BCUT2D eigenvalue weighted by Crippen LogP contribution is -2.49. The van der Waals surface area contributed by atoms with Crippen LogP contribution in [0, 0.1) is 13.8 Å². The number of nitrogens with one attached hydrogen (secondary N) is 1. The van der Waals surface area contributed by atoms with Gasteiger partial charge in [0.25, 0.3) is 5.91 Å². The highest BCUT2D eigenvalue weighted by atomic mass is 79.9. The van der Waals surface area contributed by atoms with E-state index < -0.39 is 0 Å². The second-order valence-corrected chi connectivity index (χ2v) is 8.26. The number of aryl methyl sites for hydroxylation is 2. The van der Waals surface area contributed by atoms with Gasteiger partial charge in [0, 0.05) is 42.4 Å². The molecule has 1 aromatic heterocycles. The van der Waals surface area contributed by atoms with E-state index in [0.717, 1.165) is 34.9 Å². The number of carbonyl (C=O) groups is 1. The molecule has 0 unspecified atom stereocenters. The smallest absolute Gasteiger partial charge is 0.255 e. The number of rotatable bonds is 4. The third-order valence-electron chi connectivity index (χ3n) is 5.14. The van der Waals surface area contributed by atoms with Crippen LogP contribution in [0.1, 0.15) is 21.7 Å². The van der Waals surface area contributed by atoms with Crippen LogP contribution in [0.2, 0.25) is 0 Å². The van der Waals surface area contributed by atoms with Crippen molar-refractivity contribution in [3.8, 4) is 0 Å². The number of aromatic nitrogens is 2.